The van der Waals surface area contributed by atoms with Gasteiger partial charge in [-0.1, -0.05) is 24.6 Å². The van der Waals surface area contributed by atoms with E-state index in [4.69, 9.17) is 11.6 Å². The van der Waals surface area contributed by atoms with Crippen LogP contribution in [-0.2, 0) is 4.79 Å². The maximum Gasteiger partial charge on any atom is 0.222 e. The quantitative estimate of drug-likeness (QED) is 0.754. The first kappa shape index (κ1) is 18.7. The largest absolute Gasteiger partial charge is 0.365 e. The Morgan fingerprint density at radius 2 is 2.19 bits per heavy atom. The van der Waals surface area contributed by atoms with Gasteiger partial charge in [0.25, 0.3) is 0 Å². The Morgan fingerprint density at radius 1 is 1.41 bits per heavy atom. The highest BCUT2D eigenvalue weighted by Crippen LogP contribution is 2.35. The molecule has 27 heavy (non-hydrogen) atoms. The Bertz CT molecular complexity index is 866. The molecule has 0 radical (unpaired) electrons. The molecular weight excluding hydrogens is 368 g/mol. The van der Waals surface area contributed by atoms with Crippen LogP contribution < -0.4 is 10.2 Å². The van der Waals surface area contributed by atoms with Crippen molar-refractivity contribution in [3.05, 3.63) is 35.2 Å². The van der Waals surface area contributed by atoms with Gasteiger partial charge in [-0.2, -0.15) is 10.5 Å². The predicted octanol–water partition coefficient (Wildman–Crippen LogP) is 1.89. The van der Waals surface area contributed by atoms with Gasteiger partial charge in [0.1, 0.15) is 11.6 Å². The number of nitrogens with zero attached hydrogens (tertiary/aromatic N) is 6. The summed E-state index contributed by atoms with van der Waals surface area (Å²) < 4.78 is 0. The minimum atomic E-state index is 0.161. The molecule has 0 atom stereocenters. The highest BCUT2D eigenvalue weighted by atomic mass is 35.5. The third-order valence-corrected chi connectivity index (χ3v) is 4.62. The van der Waals surface area contributed by atoms with Crippen LogP contribution in [-0.4, -0.2) is 57.6 Å². The average molecular weight is 387 g/mol. The third kappa shape index (κ3) is 4.17. The molecule has 2 heterocycles. The first-order chi connectivity index (χ1) is 13.1. The Hall–Kier alpha value is -3.12. The van der Waals surface area contributed by atoms with Crippen molar-refractivity contribution < 1.29 is 4.79 Å². The molecule has 0 aliphatic carbocycles. The number of hydrogen-bond acceptors (Lipinski definition) is 7. The normalized spacial score (nSPS) is 14.8. The number of allylic oxidation sites excluding steroid dienone is 1. The second kappa shape index (κ2) is 8.51. The summed E-state index contributed by atoms with van der Waals surface area (Å²) in [5.41, 5.74) is 1.84. The molecule has 1 fully saturated rings. The molecule has 1 aromatic heterocycles. The number of aromatic nitrogens is 4. The summed E-state index contributed by atoms with van der Waals surface area (Å²) in [5, 5.41) is 26.4. The molecule has 1 aliphatic heterocycles. The van der Waals surface area contributed by atoms with E-state index in [1.807, 2.05) is 36.1 Å². The first-order valence-corrected chi connectivity index (χ1v) is 8.93. The number of tetrazole rings is 1. The van der Waals surface area contributed by atoms with Crippen molar-refractivity contribution in [2.75, 3.05) is 36.4 Å². The fraction of sp³-hybridized carbons (Fsp3) is 0.353. The zero-order valence-electron chi connectivity index (χ0n) is 14.8. The van der Waals surface area contributed by atoms with E-state index < -0.39 is 0 Å². The molecule has 140 valence electrons. The van der Waals surface area contributed by atoms with Crippen LogP contribution in [0.15, 0.2) is 24.4 Å². The molecule has 0 bridgehead atoms. The summed E-state index contributed by atoms with van der Waals surface area (Å²) in [6.07, 6.45) is 2.04. The Labute approximate surface area is 161 Å². The summed E-state index contributed by atoms with van der Waals surface area (Å²) in [6, 6.07) is 7.57. The molecule has 0 saturated carbocycles. The van der Waals surface area contributed by atoms with Crippen LogP contribution in [0.5, 0.6) is 0 Å². The topological polar surface area (TPSA) is 114 Å². The molecule has 10 heteroatoms. The van der Waals surface area contributed by atoms with Gasteiger partial charge in [-0.05, 0) is 17.3 Å². The van der Waals surface area contributed by atoms with E-state index in [2.05, 4.69) is 30.8 Å². The molecular formula is C17H19ClN8O. The van der Waals surface area contributed by atoms with E-state index in [0.717, 1.165) is 11.4 Å². The van der Waals surface area contributed by atoms with Crippen LogP contribution in [0.1, 0.15) is 19.2 Å². The SMILES string of the molecule is CCC(=O)N1CCN(c2c(Cl)cccc2NC=C(C#N)c2nn[nH]n2)CC1. The van der Waals surface area contributed by atoms with Gasteiger partial charge in [-0.15, -0.1) is 10.2 Å². The number of piperazine rings is 1. The van der Waals surface area contributed by atoms with Crippen LogP contribution in [0.25, 0.3) is 5.57 Å². The summed E-state index contributed by atoms with van der Waals surface area (Å²) in [7, 11) is 0. The zero-order chi connectivity index (χ0) is 19.2. The molecule has 2 N–H and O–H groups in total. The standard InChI is InChI=1S/C17H19ClN8O/c1-2-15(27)25-6-8-26(9-7-25)16-13(18)4-3-5-14(16)20-11-12(10-19)17-21-23-24-22-17/h3-5,11,20H,2,6-9H2,1H3,(H,21,22,23,24). The maximum absolute atomic E-state index is 11.9. The van der Waals surface area contributed by atoms with E-state index in [-0.39, 0.29) is 17.3 Å². The minimum absolute atomic E-state index is 0.161. The lowest BCUT2D eigenvalue weighted by molar-refractivity contribution is -0.131. The number of para-hydroxylation sites is 1. The van der Waals surface area contributed by atoms with Gasteiger partial charge in [0.2, 0.25) is 11.7 Å². The highest BCUT2D eigenvalue weighted by molar-refractivity contribution is 6.34. The number of aromatic amines is 1. The molecule has 1 saturated heterocycles. The predicted molar refractivity (Wildman–Crippen MR) is 102 cm³/mol. The molecule has 3 rings (SSSR count). The number of hydrogen-bond donors (Lipinski definition) is 2. The van der Waals surface area contributed by atoms with Crippen molar-refractivity contribution in [2.24, 2.45) is 0 Å². The lowest BCUT2D eigenvalue weighted by atomic mass is 10.2. The number of H-pyrrole nitrogens is 1. The van der Waals surface area contributed by atoms with Gasteiger partial charge in [0, 0.05) is 38.8 Å². The molecule has 9 nitrogen and oxygen atoms in total. The number of halogens is 1. The summed E-state index contributed by atoms with van der Waals surface area (Å²) >= 11 is 6.45. The van der Waals surface area contributed by atoms with Crippen LogP contribution in [0, 0.1) is 11.3 Å². The smallest absolute Gasteiger partial charge is 0.222 e. The molecule has 0 spiro atoms. The van der Waals surface area contributed by atoms with Gasteiger partial charge < -0.3 is 15.1 Å². The van der Waals surface area contributed by atoms with Gasteiger partial charge in [-0.25, -0.2) is 0 Å². The lowest BCUT2D eigenvalue weighted by Gasteiger charge is -2.37. The van der Waals surface area contributed by atoms with Gasteiger partial charge >= 0.3 is 0 Å². The summed E-state index contributed by atoms with van der Waals surface area (Å²) in [5.74, 6) is 0.370. The van der Waals surface area contributed by atoms with E-state index in [0.29, 0.717) is 37.6 Å². The molecule has 1 aromatic carbocycles. The number of anilines is 2. The van der Waals surface area contributed by atoms with Crippen LogP contribution in [0.3, 0.4) is 0 Å². The highest BCUT2D eigenvalue weighted by Gasteiger charge is 2.23. The van der Waals surface area contributed by atoms with Crippen molar-refractivity contribution in [3.63, 3.8) is 0 Å². The Kier molecular flexibility index (Phi) is 5.88. The number of nitriles is 1. The fourth-order valence-electron chi connectivity index (χ4n) is 2.93. The number of rotatable bonds is 5. The van der Waals surface area contributed by atoms with Crippen molar-refractivity contribution >= 4 is 34.5 Å². The number of benzene rings is 1. The lowest BCUT2D eigenvalue weighted by Crippen LogP contribution is -2.48. The van der Waals surface area contributed by atoms with Gasteiger partial charge in [0.15, 0.2) is 0 Å². The van der Waals surface area contributed by atoms with Crippen molar-refractivity contribution in [3.8, 4) is 6.07 Å². The zero-order valence-corrected chi connectivity index (χ0v) is 15.6. The Balaban J connectivity index is 1.80. The number of carbonyl (C=O) groups is 1. The Morgan fingerprint density at radius 3 is 2.81 bits per heavy atom. The van der Waals surface area contributed by atoms with E-state index in [9.17, 15) is 10.1 Å². The van der Waals surface area contributed by atoms with Crippen LogP contribution in [0.4, 0.5) is 11.4 Å². The minimum Gasteiger partial charge on any atom is -0.365 e. The van der Waals surface area contributed by atoms with Crippen LogP contribution >= 0.6 is 11.6 Å². The molecule has 1 aliphatic rings. The second-order valence-electron chi connectivity index (χ2n) is 5.91. The van der Waals surface area contributed by atoms with Crippen molar-refractivity contribution in [1.82, 2.24) is 25.5 Å². The number of amides is 1. The third-order valence-electron chi connectivity index (χ3n) is 4.32. The van der Waals surface area contributed by atoms with E-state index >= 15 is 0 Å². The van der Waals surface area contributed by atoms with Crippen LogP contribution in [0.2, 0.25) is 5.02 Å². The average Bonchev–Trinajstić information content (AvgIpc) is 3.23. The molecule has 0 unspecified atom stereocenters. The molecule has 2 aromatic rings. The fourth-order valence-corrected chi connectivity index (χ4v) is 3.22. The van der Waals surface area contributed by atoms with E-state index in [1.54, 1.807) is 0 Å². The van der Waals surface area contributed by atoms with Crippen molar-refractivity contribution in [2.45, 2.75) is 13.3 Å². The monoisotopic (exact) mass is 386 g/mol. The summed E-state index contributed by atoms with van der Waals surface area (Å²) in [6.45, 7) is 4.54. The van der Waals surface area contributed by atoms with E-state index in [1.165, 1.54) is 6.20 Å². The maximum atomic E-state index is 11.9. The number of carbonyl (C=O) groups excluding carboxylic acids is 1. The first-order valence-electron chi connectivity index (χ1n) is 8.56. The molecule has 1 amide bonds. The second-order valence-corrected chi connectivity index (χ2v) is 6.31. The van der Waals surface area contributed by atoms with Gasteiger partial charge in [-0.3, -0.25) is 4.79 Å². The van der Waals surface area contributed by atoms with Crippen molar-refractivity contribution in [1.29, 1.82) is 5.26 Å². The summed E-state index contributed by atoms with van der Waals surface area (Å²) in [4.78, 5) is 15.9. The number of nitrogens with one attached hydrogen (secondary N) is 2. The van der Waals surface area contributed by atoms with Gasteiger partial charge in [0.05, 0.1) is 16.4 Å².